The number of aryl methyl sites for hydroxylation is 1. The van der Waals surface area contributed by atoms with Crippen LogP contribution < -0.4 is 5.32 Å². The van der Waals surface area contributed by atoms with Crippen LogP contribution in [0.25, 0.3) is 0 Å². The van der Waals surface area contributed by atoms with E-state index in [1.807, 2.05) is 19.1 Å². The van der Waals surface area contributed by atoms with E-state index in [4.69, 9.17) is 5.11 Å². The fourth-order valence-corrected chi connectivity index (χ4v) is 1.73. The standard InChI is InChI=1S/C14H14N4O2/c1-11-7-12(3-2-6-19)9-13(8-11)16-14(20)10-18-5-4-15-17-18/h4-5,7-9,19H,6,10H2,1H3,(H,16,20). The van der Waals surface area contributed by atoms with Crippen LogP contribution in [-0.2, 0) is 11.3 Å². The summed E-state index contributed by atoms with van der Waals surface area (Å²) in [4.78, 5) is 11.8. The van der Waals surface area contributed by atoms with Gasteiger partial charge >= 0.3 is 0 Å². The van der Waals surface area contributed by atoms with Crippen molar-refractivity contribution < 1.29 is 9.90 Å². The van der Waals surface area contributed by atoms with Gasteiger partial charge in [0.05, 0.1) is 6.20 Å². The summed E-state index contributed by atoms with van der Waals surface area (Å²) in [6.45, 7) is 1.82. The van der Waals surface area contributed by atoms with Crippen LogP contribution in [0.15, 0.2) is 30.6 Å². The molecule has 2 aromatic rings. The topological polar surface area (TPSA) is 80.0 Å². The van der Waals surface area contributed by atoms with Gasteiger partial charge in [0.2, 0.25) is 5.91 Å². The van der Waals surface area contributed by atoms with Gasteiger partial charge in [-0.05, 0) is 30.7 Å². The van der Waals surface area contributed by atoms with Crippen LogP contribution in [0.2, 0.25) is 0 Å². The molecular formula is C14H14N4O2. The number of hydrogen-bond acceptors (Lipinski definition) is 4. The lowest BCUT2D eigenvalue weighted by Gasteiger charge is -2.07. The van der Waals surface area contributed by atoms with Gasteiger partial charge in [-0.15, -0.1) is 5.10 Å². The number of anilines is 1. The first kappa shape index (κ1) is 13.8. The summed E-state index contributed by atoms with van der Waals surface area (Å²) in [5.41, 5.74) is 2.39. The van der Waals surface area contributed by atoms with Crippen molar-refractivity contribution in [3.63, 3.8) is 0 Å². The Bertz CT molecular complexity index is 654. The molecule has 1 aromatic heterocycles. The third-order valence-electron chi connectivity index (χ3n) is 2.45. The Kier molecular flexibility index (Phi) is 4.47. The van der Waals surface area contributed by atoms with E-state index in [1.54, 1.807) is 12.3 Å². The minimum atomic E-state index is -0.193. The lowest BCUT2D eigenvalue weighted by Crippen LogP contribution is -2.19. The van der Waals surface area contributed by atoms with Crippen LogP contribution in [0.5, 0.6) is 0 Å². The number of aliphatic hydroxyl groups is 1. The maximum absolute atomic E-state index is 11.8. The van der Waals surface area contributed by atoms with Crippen molar-refractivity contribution >= 4 is 11.6 Å². The molecule has 0 aliphatic rings. The molecule has 1 amide bonds. The van der Waals surface area contributed by atoms with Gasteiger partial charge in [-0.2, -0.15) is 0 Å². The zero-order chi connectivity index (χ0) is 14.4. The molecule has 1 aromatic carbocycles. The lowest BCUT2D eigenvalue weighted by atomic mass is 10.1. The summed E-state index contributed by atoms with van der Waals surface area (Å²) < 4.78 is 1.44. The molecule has 0 fully saturated rings. The van der Waals surface area contributed by atoms with Gasteiger partial charge < -0.3 is 10.4 Å². The summed E-state index contributed by atoms with van der Waals surface area (Å²) >= 11 is 0. The third kappa shape index (κ3) is 3.93. The number of aromatic nitrogens is 3. The van der Waals surface area contributed by atoms with Crippen molar-refractivity contribution in [2.45, 2.75) is 13.5 Å². The molecule has 102 valence electrons. The van der Waals surface area contributed by atoms with Gasteiger partial charge in [-0.3, -0.25) is 4.79 Å². The molecule has 0 saturated heterocycles. The number of amides is 1. The van der Waals surface area contributed by atoms with Crippen LogP contribution in [0.1, 0.15) is 11.1 Å². The Morgan fingerprint density at radius 2 is 2.30 bits per heavy atom. The van der Waals surface area contributed by atoms with Gasteiger partial charge in [-0.25, -0.2) is 4.68 Å². The molecule has 0 aliphatic carbocycles. The van der Waals surface area contributed by atoms with Gasteiger partial charge in [0.25, 0.3) is 0 Å². The average molecular weight is 270 g/mol. The maximum Gasteiger partial charge on any atom is 0.246 e. The Balaban J connectivity index is 2.08. The van der Waals surface area contributed by atoms with Crippen LogP contribution in [0.4, 0.5) is 5.69 Å². The van der Waals surface area contributed by atoms with Crippen molar-refractivity contribution in [1.29, 1.82) is 0 Å². The monoisotopic (exact) mass is 270 g/mol. The minimum absolute atomic E-state index is 0.103. The summed E-state index contributed by atoms with van der Waals surface area (Å²) in [5, 5.41) is 18.8. The fraction of sp³-hybridized carbons (Fsp3) is 0.214. The number of rotatable bonds is 3. The van der Waals surface area contributed by atoms with E-state index in [-0.39, 0.29) is 19.1 Å². The SMILES string of the molecule is Cc1cc(C#CCO)cc(NC(=O)Cn2ccnn2)c1. The molecule has 0 radical (unpaired) electrons. The van der Waals surface area contributed by atoms with E-state index < -0.39 is 0 Å². The van der Waals surface area contributed by atoms with Gasteiger partial charge in [0.1, 0.15) is 13.2 Å². The van der Waals surface area contributed by atoms with Crippen LogP contribution in [-0.4, -0.2) is 32.6 Å². The number of aliphatic hydroxyl groups excluding tert-OH is 1. The van der Waals surface area contributed by atoms with E-state index in [1.165, 1.54) is 10.9 Å². The minimum Gasteiger partial charge on any atom is -0.384 e. The second-order valence-electron chi connectivity index (χ2n) is 4.20. The van der Waals surface area contributed by atoms with Gasteiger partial charge in [-0.1, -0.05) is 17.1 Å². The number of nitrogens with zero attached hydrogens (tertiary/aromatic N) is 3. The van der Waals surface area contributed by atoms with Crippen LogP contribution in [0.3, 0.4) is 0 Å². The molecule has 6 heteroatoms. The van der Waals surface area contributed by atoms with E-state index in [9.17, 15) is 4.79 Å². The first-order valence-corrected chi connectivity index (χ1v) is 6.03. The summed E-state index contributed by atoms with van der Waals surface area (Å²) in [7, 11) is 0. The third-order valence-corrected chi connectivity index (χ3v) is 2.45. The molecule has 1 heterocycles. The highest BCUT2D eigenvalue weighted by atomic mass is 16.2. The molecule has 0 atom stereocenters. The molecule has 2 rings (SSSR count). The predicted molar refractivity (Wildman–Crippen MR) is 73.8 cm³/mol. The van der Waals surface area contributed by atoms with Crippen molar-refractivity contribution in [2.75, 3.05) is 11.9 Å². The second-order valence-corrected chi connectivity index (χ2v) is 4.20. The smallest absolute Gasteiger partial charge is 0.246 e. The molecule has 20 heavy (non-hydrogen) atoms. The average Bonchev–Trinajstić information content (AvgIpc) is 2.88. The van der Waals surface area contributed by atoms with Crippen molar-refractivity contribution in [2.24, 2.45) is 0 Å². The fourth-order valence-electron chi connectivity index (χ4n) is 1.73. The molecule has 0 spiro atoms. The molecule has 2 N–H and O–H groups in total. The lowest BCUT2D eigenvalue weighted by molar-refractivity contribution is -0.116. The number of nitrogens with one attached hydrogen (secondary N) is 1. The molecule has 6 nitrogen and oxygen atoms in total. The zero-order valence-electron chi connectivity index (χ0n) is 11.0. The van der Waals surface area contributed by atoms with Crippen molar-refractivity contribution in [3.05, 3.63) is 41.7 Å². The molecule has 0 saturated carbocycles. The molecule has 0 bridgehead atoms. The number of carbonyl (C=O) groups is 1. The highest BCUT2D eigenvalue weighted by Crippen LogP contribution is 2.14. The van der Waals surface area contributed by atoms with Crippen LogP contribution in [0, 0.1) is 18.8 Å². The molecule has 0 aliphatic heterocycles. The number of carbonyl (C=O) groups excluding carboxylic acids is 1. The van der Waals surface area contributed by atoms with Crippen molar-refractivity contribution in [1.82, 2.24) is 15.0 Å². The number of benzene rings is 1. The van der Waals surface area contributed by atoms with Crippen LogP contribution >= 0.6 is 0 Å². The number of hydrogen-bond donors (Lipinski definition) is 2. The Hall–Kier alpha value is -2.65. The van der Waals surface area contributed by atoms with E-state index in [0.717, 1.165) is 11.1 Å². The Morgan fingerprint density at radius 3 is 3.00 bits per heavy atom. The molecular weight excluding hydrogens is 256 g/mol. The summed E-state index contributed by atoms with van der Waals surface area (Å²) in [6.07, 6.45) is 3.14. The highest BCUT2D eigenvalue weighted by molar-refractivity contribution is 5.90. The first-order valence-electron chi connectivity index (χ1n) is 6.03. The predicted octanol–water partition coefficient (Wildman–Crippen LogP) is 0.569. The van der Waals surface area contributed by atoms with E-state index in [0.29, 0.717) is 5.69 Å². The largest absolute Gasteiger partial charge is 0.384 e. The quantitative estimate of drug-likeness (QED) is 0.799. The van der Waals surface area contributed by atoms with Gasteiger partial charge in [0, 0.05) is 17.4 Å². The Labute approximate surface area is 116 Å². The normalized spacial score (nSPS) is 9.70. The maximum atomic E-state index is 11.8. The second kappa shape index (κ2) is 6.50. The zero-order valence-corrected chi connectivity index (χ0v) is 11.0. The van der Waals surface area contributed by atoms with Gasteiger partial charge in [0.15, 0.2) is 0 Å². The first-order chi connectivity index (χ1) is 9.67. The van der Waals surface area contributed by atoms with E-state index in [2.05, 4.69) is 27.5 Å². The van der Waals surface area contributed by atoms with Crippen molar-refractivity contribution in [3.8, 4) is 11.8 Å². The van der Waals surface area contributed by atoms with E-state index >= 15 is 0 Å². The summed E-state index contributed by atoms with van der Waals surface area (Å²) in [6, 6.07) is 5.49. The summed E-state index contributed by atoms with van der Waals surface area (Å²) in [5.74, 6) is 5.20. The molecule has 0 unspecified atom stereocenters. The Morgan fingerprint density at radius 1 is 1.45 bits per heavy atom. The highest BCUT2D eigenvalue weighted by Gasteiger charge is 2.05.